The van der Waals surface area contributed by atoms with Gasteiger partial charge >= 0.3 is 0 Å². The number of carbonyl (C=O) groups excluding carboxylic acids is 1. The van der Waals surface area contributed by atoms with E-state index in [2.05, 4.69) is 15.3 Å². The maximum atomic E-state index is 12.0. The van der Waals surface area contributed by atoms with Crippen molar-refractivity contribution < 1.29 is 4.79 Å². The minimum Gasteiger partial charge on any atom is -0.308 e. The lowest BCUT2D eigenvalue weighted by Gasteiger charge is -2.17. The maximum absolute atomic E-state index is 12.0. The molecule has 0 radical (unpaired) electrons. The number of thioether (sulfide) groups is 1. The van der Waals surface area contributed by atoms with E-state index in [1.807, 2.05) is 47.2 Å². The van der Waals surface area contributed by atoms with E-state index in [4.69, 9.17) is 11.6 Å². The number of nitrogens with zero attached hydrogens (tertiary/aromatic N) is 3. The average Bonchev–Trinajstić information content (AvgIpc) is 2.92. The molecular weight excluding hydrogens is 344 g/mol. The van der Waals surface area contributed by atoms with Crippen LogP contribution in [0.5, 0.6) is 0 Å². The third-order valence-corrected chi connectivity index (χ3v) is 5.29. The van der Waals surface area contributed by atoms with Gasteiger partial charge in [0.1, 0.15) is 6.33 Å². The van der Waals surface area contributed by atoms with Crippen molar-refractivity contribution in [3.63, 3.8) is 0 Å². The Morgan fingerprint density at radius 2 is 2.08 bits per heavy atom. The number of rotatable bonds is 2. The van der Waals surface area contributed by atoms with E-state index in [1.54, 1.807) is 24.3 Å². The summed E-state index contributed by atoms with van der Waals surface area (Å²) in [5, 5.41) is 3.53. The fourth-order valence-electron chi connectivity index (χ4n) is 2.70. The maximum Gasteiger partial charge on any atom is 0.235 e. The summed E-state index contributed by atoms with van der Waals surface area (Å²) in [5.74, 6) is 0.916. The van der Waals surface area contributed by atoms with Crippen LogP contribution in [-0.4, -0.2) is 26.2 Å². The highest BCUT2D eigenvalue weighted by Gasteiger charge is 2.29. The molecule has 4 rings (SSSR count). The molecule has 2 aromatic heterocycles. The fraction of sp³-hybridized carbons (Fsp3) is 0.118. The van der Waals surface area contributed by atoms with E-state index < -0.39 is 0 Å². The monoisotopic (exact) mass is 356 g/mol. The van der Waals surface area contributed by atoms with E-state index in [-0.39, 0.29) is 11.2 Å². The lowest BCUT2D eigenvalue weighted by atomic mass is 10.1. The molecule has 24 heavy (non-hydrogen) atoms. The first-order valence-corrected chi connectivity index (χ1v) is 8.79. The normalized spacial score (nSPS) is 17.0. The lowest BCUT2D eigenvalue weighted by Crippen LogP contribution is -2.12. The zero-order valence-corrected chi connectivity index (χ0v) is 14.1. The van der Waals surface area contributed by atoms with Crippen molar-refractivity contribution in [2.45, 2.75) is 5.25 Å². The molecule has 3 aromatic rings. The minimum absolute atomic E-state index is 0.0363. The molecule has 1 aromatic carbocycles. The number of carbonyl (C=O) groups is 1. The number of benzene rings is 1. The van der Waals surface area contributed by atoms with Gasteiger partial charge in [0.2, 0.25) is 5.91 Å². The quantitative estimate of drug-likeness (QED) is 0.760. The lowest BCUT2D eigenvalue weighted by molar-refractivity contribution is -0.113. The van der Waals surface area contributed by atoms with Gasteiger partial charge in [0.15, 0.2) is 5.82 Å². The van der Waals surface area contributed by atoms with Crippen LogP contribution in [0.3, 0.4) is 0 Å². The van der Waals surface area contributed by atoms with Crippen molar-refractivity contribution in [1.29, 1.82) is 0 Å². The summed E-state index contributed by atoms with van der Waals surface area (Å²) >= 11 is 7.56. The van der Waals surface area contributed by atoms with Crippen LogP contribution in [0.25, 0.3) is 5.69 Å². The van der Waals surface area contributed by atoms with E-state index in [0.717, 1.165) is 16.9 Å². The van der Waals surface area contributed by atoms with E-state index in [1.165, 1.54) is 0 Å². The number of halogens is 1. The summed E-state index contributed by atoms with van der Waals surface area (Å²) in [6, 6.07) is 11.5. The molecule has 0 saturated carbocycles. The van der Waals surface area contributed by atoms with Crippen LogP contribution in [0.2, 0.25) is 5.02 Å². The summed E-state index contributed by atoms with van der Waals surface area (Å²) in [6.45, 7) is 0. The number of aromatic nitrogens is 3. The average molecular weight is 357 g/mol. The van der Waals surface area contributed by atoms with Gasteiger partial charge in [-0.3, -0.25) is 14.3 Å². The summed E-state index contributed by atoms with van der Waals surface area (Å²) in [6.07, 6.45) is 5.30. The van der Waals surface area contributed by atoms with Crippen LogP contribution < -0.4 is 5.32 Å². The fourth-order valence-corrected chi connectivity index (χ4v) is 3.93. The first kappa shape index (κ1) is 15.2. The summed E-state index contributed by atoms with van der Waals surface area (Å²) in [7, 11) is 0. The number of imidazole rings is 1. The minimum atomic E-state index is -0.0472. The molecule has 0 aliphatic carbocycles. The Morgan fingerprint density at radius 1 is 1.25 bits per heavy atom. The SMILES string of the molecule is O=C1CSC(c2cccnc2)c2c(ncn2-c2ccc(Cl)cc2)N1. The van der Waals surface area contributed by atoms with Crippen LogP contribution in [0.15, 0.2) is 55.1 Å². The Balaban J connectivity index is 1.87. The third kappa shape index (κ3) is 2.79. The van der Waals surface area contributed by atoms with Crippen LogP contribution in [0.1, 0.15) is 16.5 Å². The Morgan fingerprint density at radius 3 is 2.83 bits per heavy atom. The van der Waals surface area contributed by atoms with Crippen molar-refractivity contribution in [2.24, 2.45) is 0 Å². The van der Waals surface area contributed by atoms with Gasteiger partial charge in [-0.05, 0) is 35.9 Å². The Kier molecular flexibility index (Phi) is 4.00. The molecule has 0 spiro atoms. The van der Waals surface area contributed by atoms with Crippen LogP contribution in [0, 0.1) is 0 Å². The molecule has 1 amide bonds. The zero-order chi connectivity index (χ0) is 16.5. The van der Waals surface area contributed by atoms with Gasteiger partial charge in [-0.1, -0.05) is 17.7 Å². The zero-order valence-electron chi connectivity index (χ0n) is 12.5. The second-order valence-corrected chi connectivity index (χ2v) is 6.88. The number of nitrogens with one attached hydrogen (secondary N) is 1. The summed E-state index contributed by atoms with van der Waals surface area (Å²) in [4.78, 5) is 20.6. The van der Waals surface area contributed by atoms with Gasteiger partial charge in [-0.15, -0.1) is 11.8 Å². The van der Waals surface area contributed by atoms with Gasteiger partial charge in [0, 0.05) is 23.1 Å². The van der Waals surface area contributed by atoms with Crippen molar-refractivity contribution in [3.05, 3.63) is 71.4 Å². The van der Waals surface area contributed by atoms with Gasteiger partial charge in [0.05, 0.1) is 16.7 Å². The van der Waals surface area contributed by atoms with Crippen LogP contribution in [-0.2, 0) is 4.79 Å². The standard InChI is InChI=1S/C17H13ClN4OS/c18-12-3-5-13(6-4-12)22-10-20-17-15(22)16(24-9-14(23)21-17)11-2-1-7-19-8-11/h1-8,10,16H,9H2,(H,21,23). The van der Waals surface area contributed by atoms with Crippen LogP contribution in [0.4, 0.5) is 5.82 Å². The smallest absolute Gasteiger partial charge is 0.235 e. The molecule has 1 N–H and O–H groups in total. The van der Waals surface area contributed by atoms with Gasteiger partial charge in [0.25, 0.3) is 0 Å². The molecule has 3 heterocycles. The largest absolute Gasteiger partial charge is 0.308 e. The highest BCUT2D eigenvalue weighted by atomic mass is 35.5. The van der Waals surface area contributed by atoms with Crippen molar-refractivity contribution in [1.82, 2.24) is 14.5 Å². The topological polar surface area (TPSA) is 59.8 Å². The second-order valence-electron chi connectivity index (χ2n) is 5.35. The van der Waals surface area contributed by atoms with Crippen molar-refractivity contribution in [3.8, 4) is 5.69 Å². The van der Waals surface area contributed by atoms with Gasteiger partial charge < -0.3 is 5.32 Å². The molecule has 5 nitrogen and oxygen atoms in total. The van der Waals surface area contributed by atoms with Gasteiger partial charge in [-0.2, -0.15) is 0 Å². The molecule has 0 saturated heterocycles. The highest BCUT2D eigenvalue weighted by Crippen LogP contribution is 2.41. The number of hydrogen-bond acceptors (Lipinski definition) is 4. The molecule has 7 heteroatoms. The number of pyridine rings is 1. The highest BCUT2D eigenvalue weighted by molar-refractivity contribution is 8.00. The molecular formula is C17H13ClN4OS. The molecule has 0 bridgehead atoms. The third-order valence-electron chi connectivity index (χ3n) is 3.78. The first-order valence-electron chi connectivity index (χ1n) is 7.37. The summed E-state index contributed by atoms with van der Waals surface area (Å²) in [5.41, 5.74) is 2.91. The number of amides is 1. The number of fused-ring (bicyclic) bond motifs is 1. The number of hydrogen-bond donors (Lipinski definition) is 1. The number of anilines is 1. The van der Waals surface area contributed by atoms with Crippen molar-refractivity contribution in [2.75, 3.05) is 11.1 Å². The van der Waals surface area contributed by atoms with E-state index in [9.17, 15) is 4.79 Å². The molecule has 1 aliphatic rings. The predicted molar refractivity (Wildman–Crippen MR) is 95.7 cm³/mol. The molecule has 1 aliphatic heterocycles. The van der Waals surface area contributed by atoms with Crippen LogP contribution >= 0.6 is 23.4 Å². The predicted octanol–water partition coefficient (Wildman–Crippen LogP) is 3.70. The molecule has 0 fully saturated rings. The van der Waals surface area contributed by atoms with E-state index >= 15 is 0 Å². The second kappa shape index (κ2) is 6.30. The molecule has 1 unspecified atom stereocenters. The molecule has 1 atom stereocenters. The first-order chi connectivity index (χ1) is 11.7. The summed E-state index contributed by atoms with van der Waals surface area (Å²) < 4.78 is 1.99. The Hall–Kier alpha value is -2.31. The van der Waals surface area contributed by atoms with Crippen molar-refractivity contribution >= 4 is 35.1 Å². The van der Waals surface area contributed by atoms with Gasteiger partial charge in [-0.25, -0.2) is 4.98 Å². The Bertz CT molecular complexity index is 879. The molecule has 120 valence electrons. The Labute approximate surface area is 148 Å². The van der Waals surface area contributed by atoms with E-state index in [0.29, 0.717) is 16.6 Å².